The molecule has 2 aromatic heterocycles. The van der Waals surface area contributed by atoms with Crippen LogP contribution in [0.1, 0.15) is 18.2 Å². The third-order valence-electron chi connectivity index (χ3n) is 3.06. The summed E-state index contributed by atoms with van der Waals surface area (Å²) in [6.07, 6.45) is 2.85. The predicted molar refractivity (Wildman–Crippen MR) is 78.1 cm³/mol. The molecule has 2 heterocycles. The highest BCUT2D eigenvalue weighted by atomic mass is 35.5. The van der Waals surface area contributed by atoms with Gasteiger partial charge in [0.1, 0.15) is 17.5 Å². The number of nitrogens with zero attached hydrogens (tertiary/aromatic N) is 3. The molecule has 3 aromatic rings. The van der Waals surface area contributed by atoms with Crippen LogP contribution < -0.4 is 4.74 Å². The number of ether oxygens (including phenoxy) is 1. The van der Waals surface area contributed by atoms with Gasteiger partial charge in [-0.2, -0.15) is 5.10 Å². The Morgan fingerprint density at radius 3 is 2.70 bits per heavy atom. The fourth-order valence-electron chi connectivity index (χ4n) is 1.96. The van der Waals surface area contributed by atoms with Gasteiger partial charge in [0.05, 0.1) is 11.9 Å². The van der Waals surface area contributed by atoms with Crippen LogP contribution in [0.2, 0.25) is 5.15 Å². The van der Waals surface area contributed by atoms with E-state index in [4.69, 9.17) is 16.3 Å². The van der Waals surface area contributed by atoms with E-state index in [-0.39, 0.29) is 0 Å². The number of halogens is 1. The maximum atomic E-state index is 5.84. The molecule has 5 heteroatoms. The number of aromatic nitrogens is 3. The molecule has 0 aliphatic rings. The van der Waals surface area contributed by atoms with Crippen molar-refractivity contribution in [1.82, 2.24) is 14.6 Å². The van der Waals surface area contributed by atoms with Gasteiger partial charge in [-0.3, -0.25) is 0 Å². The number of fused-ring (bicyclic) bond motifs is 1. The summed E-state index contributed by atoms with van der Waals surface area (Å²) in [6, 6.07) is 11.6. The predicted octanol–water partition coefficient (Wildman–Crippen LogP) is 3.52. The van der Waals surface area contributed by atoms with Crippen molar-refractivity contribution in [1.29, 1.82) is 0 Å². The zero-order valence-electron chi connectivity index (χ0n) is 11.1. The van der Waals surface area contributed by atoms with Gasteiger partial charge < -0.3 is 4.74 Å². The van der Waals surface area contributed by atoms with Gasteiger partial charge >= 0.3 is 0 Å². The largest absolute Gasteiger partial charge is 0.487 e. The van der Waals surface area contributed by atoms with Gasteiger partial charge in [0.2, 0.25) is 0 Å². The zero-order chi connectivity index (χ0) is 13.9. The molecule has 0 radical (unpaired) electrons. The summed E-state index contributed by atoms with van der Waals surface area (Å²) < 4.78 is 7.37. The van der Waals surface area contributed by atoms with Gasteiger partial charge in [0.25, 0.3) is 0 Å². The summed E-state index contributed by atoms with van der Waals surface area (Å²) in [4.78, 5) is 4.42. The summed E-state index contributed by atoms with van der Waals surface area (Å²) in [5.74, 6) is 0.838. The number of hydrogen-bond donors (Lipinski definition) is 0. The second-order valence-electron chi connectivity index (χ2n) is 4.48. The first-order valence-electron chi connectivity index (χ1n) is 6.47. The molecule has 102 valence electrons. The van der Waals surface area contributed by atoms with Crippen molar-refractivity contribution in [2.24, 2.45) is 0 Å². The normalized spacial score (nSPS) is 10.9. The third kappa shape index (κ3) is 2.75. The van der Waals surface area contributed by atoms with Gasteiger partial charge in [-0.15, -0.1) is 0 Å². The molecule has 0 saturated heterocycles. The molecule has 4 nitrogen and oxygen atoms in total. The van der Waals surface area contributed by atoms with Gasteiger partial charge in [-0.1, -0.05) is 30.7 Å². The van der Waals surface area contributed by atoms with Crippen molar-refractivity contribution in [3.63, 3.8) is 0 Å². The molecule has 3 rings (SSSR count). The minimum absolute atomic E-state index is 0.409. The van der Waals surface area contributed by atoms with Crippen molar-refractivity contribution < 1.29 is 4.74 Å². The quantitative estimate of drug-likeness (QED) is 0.737. The van der Waals surface area contributed by atoms with Crippen molar-refractivity contribution in [3.05, 3.63) is 59.0 Å². The van der Waals surface area contributed by atoms with Crippen LogP contribution in [0.5, 0.6) is 5.75 Å². The van der Waals surface area contributed by atoms with Crippen LogP contribution in [0.15, 0.2) is 42.6 Å². The van der Waals surface area contributed by atoms with E-state index in [0.717, 1.165) is 23.5 Å². The van der Waals surface area contributed by atoms with Gasteiger partial charge in [-0.05, 0) is 36.2 Å². The second kappa shape index (κ2) is 5.51. The fourth-order valence-corrected chi connectivity index (χ4v) is 2.10. The standard InChI is InChI=1S/C15H14ClN3O/c1-2-11-3-5-13(6-4-11)20-10-12-9-19-15(17-12)8-7-14(16)18-19/h3-9H,2,10H2,1H3. The molecule has 0 bridgehead atoms. The Morgan fingerprint density at radius 2 is 1.95 bits per heavy atom. The average Bonchev–Trinajstić information content (AvgIpc) is 2.87. The Hall–Kier alpha value is -2.07. The van der Waals surface area contributed by atoms with E-state index in [9.17, 15) is 0 Å². The van der Waals surface area contributed by atoms with Crippen LogP contribution in [-0.2, 0) is 13.0 Å². The Bertz CT molecular complexity index is 722. The number of hydrogen-bond acceptors (Lipinski definition) is 3. The van der Waals surface area contributed by atoms with Crippen LogP contribution in [0.3, 0.4) is 0 Å². The number of benzene rings is 1. The van der Waals surface area contributed by atoms with E-state index in [2.05, 4.69) is 29.1 Å². The minimum Gasteiger partial charge on any atom is -0.487 e. The zero-order valence-corrected chi connectivity index (χ0v) is 11.8. The smallest absolute Gasteiger partial charge is 0.154 e. The lowest BCUT2D eigenvalue weighted by Gasteiger charge is -2.04. The molecule has 0 spiro atoms. The van der Waals surface area contributed by atoms with E-state index in [0.29, 0.717) is 11.8 Å². The first-order valence-corrected chi connectivity index (χ1v) is 6.85. The molecule has 0 aliphatic heterocycles. The van der Waals surface area contributed by atoms with Crippen LogP contribution in [0.25, 0.3) is 5.65 Å². The van der Waals surface area contributed by atoms with E-state index >= 15 is 0 Å². The lowest BCUT2D eigenvalue weighted by molar-refractivity contribution is 0.302. The molecule has 0 atom stereocenters. The summed E-state index contributed by atoms with van der Waals surface area (Å²) in [6.45, 7) is 2.54. The lowest BCUT2D eigenvalue weighted by atomic mass is 10.2. The molecule has 20 heavy (non-hydrogen) atoms. The first kappa shape index (κ1) is 12.9. The summed E-state index contributed by atoms with van der Waals surface area (Å²) in [5, 5.41) is 4.58. The maximum absolute atomic E-state index is 5.84. The second-order valence-corrected chi connectivity index (χ2v) is 4.86. The van der Waals surface area contributed by atoms with Crippen molar-refractivity contribution in [2.45, 2.75) is 20.0 Å². The Balaban J connectivity index is 1.72. The van der Waals surface area contributed by atoms with Gasteiger partial charge in [0, 0.05) is 0 Å². The average molecular weight is 288 g/mol. The fraction of sp³-hybridized carbons (Fsp3) is 0.200. The lowest BCUT2D eigenvalue weighted by Crippen LogP contribution is -1.95. The third-order valence-corrected chi connectivity index (χ3v) is 3.26. The molecule has 0 amide bonds. The Kier molecular flexibility index (Phi) is 3.56. The Morgan fingerprint density at radius 1 is 1.15 bits per heavy atom. The molecule has 0 unspecified atom stereocenters. The highest BCUT2D eigenvalue weighted by Gasteiger charge is 2.04. The topological polar surface area (TPSA) is 39.4 Å². The van der Waals surface area contributed by atoms with Crippen LogP contribution in [-0.4, -0.2) is 14.6 Å². The van der Waals surface area contributed by atoms with E-state index in [1.807, 2.05) is 24.4 Å². The highest BCUT2D eigenvalue weighted by Crippen LogP contribution is 2.15. The van der Waals surface area contributed by atoms with E-state index in [1.54, 1.807) is 10.6 Å². The Labute approximate surface area is 122 Å². The van der Waals surface area contributed by atoms with E-state index < -0.39 is 0 Å². The molecule has 0 saturated carbocycles. The monoisotopic (exact) mass is 287 g/mol. The maximum Gasteiger partial charge on any atom is 0.154 e. The van der Waals surface area contributed by atoms with Crippen molar-refractivity contribution in [3.8, 4) is 5.75 Å². The van der Waals surface area contributed by atoms with Crippen molar-refractivity contribution in [2.75, 3.05) is 0 Å². The molecule has 0 aliphatic carbocycles. The molecule has 0 fully saturated rings. The van der Waals surface area contributed by atoms with Crippen LogP contribution in [0, 0.1) is 0 Å². The van der Waals surface area contributed by atoms with Crippen molar-refractivity contribution >= 4 is 17.2 Å². The summed E-state index contributed by atoms with van der Waals surface area (Å²) >= 11 is 5.84. The minimum atomic E-state index is 0.409. The van der Waals surface area contributed by atoms with E-state index in [1.165, 1.54) is 5.56 Å². The summed E-state index contributed by atoms with van der Waals surface area (Å²) in [7, 11) is 0. The summed E-state index contributed by atoms with van der Waals surface area (Å²) in [5.41, 5.74) is 2.87. The number of imidazole rings is 1. The molecular weight excluding hydrogens is 274 g/mol. The first-order chi connectivity index (χ1) is 9.74. The number of rotatable bonds is 4. The van der Waals surface area contributed by atoms with Gasteiger partial charge in [-0.25, -0.2) is 9.50 Å². The highest BCUT2D eigenvalue weighted by molar-refractivity contribution is 6.29. The molecule has 0 N–H and O–H groups in total. The van der Waals surface area contributed by atoms with Gasteiger partial charge in [0.15, 0.2) is 5.65 Å². The molecular formula is C15H14ClN3O. The molecule has 1 aromatic carbocycles. The van der Waals surface area contributed by atoms with Crippen LogP contribution in [0.4, 0.5) is 0 Å². The SMILES string of the molecule is CCc1ccc(OCc2cn3nc(Cl)ccc3n2)cc1. The van der Waals surface area contributed by atoms with Crippen LogP contribution >= 0.6 is 11.6 Å². The number of aryl methyl sites for hydroxylation is 1.